The number of aryl methyl sites for hydroxylation is 1. The number of ether oxygens (including phenoxy) is 3. The van der Waals surface area contributed by atoms with E-state index >= 15 is 0 Å². The molecule has 0 radical (unpaired) electrons. The van der Waals surface area contributed by atoms with Crippen LogP contribution in [0.3, 0.4) is 0 Å². The Hall–Kier alpha value is -2.16. The van der Waals surface area contributed by atoms with Gasteiger partial charge in [0, 0.05) is 20.3 Å². The molecule has 0 atom stereocenters. The second kappa shape index (κ2) is 14.8. The Morgan fingerprint density at radius 3 is 2.21 bits per heavy atom. The van der Waals surface area contributed by atoms with Gasteiger partial charge in [0.2, 0.25) is 0 Å². The van der Waals surface area contributed by atoms with E-state index < -0.39 is 11.9 Å². The Kier molecular flexibility index (Phi) is 13.7. The molecule has 0 heterocycles. The van der Waals surface area contributed by atoms with Crippen LogP contribution >= 0.6 is 0 Å². The Labute approximate surface area is 173 Å². The molecule has 1 rings (SSSR count). The highest BCUT2D eigenvalue weighted by Gasteiger charge is 2.19. The van der Waals surface area contributed by atoms with Crippen molar-refractivity contribution < 1.29 is 34.0 Å². The topological polar surface area (TPSA) is 114 Å². The quantitative estimate of drug-likeness (QED) is 0.374. The molecule has 0 saturated heterocycles. The standard InChI is InChI=1S/C19H33NO3.C2H2O4/c1-16-8-6-9-17(19(2,3)4)18(16)23-15-14-22-13-11-20-10-7-12-21-5;3-1(4)2(5)6/h6,8-9,20H,7,10-15H2,1-5H3;(H,3,4)(H,5,6). The molecule has 8 heteroatoms. The summed E-state index contributed by atoms with van der Waals surface area (Å²) in [5.41, 5.74) is 2.50. The van der Waals surface area contributed by atoms with Gasteiger partial charge in [-0.15, -0.1) is 0 Å². The van der Waals surface area contributed by atoms with E-state index in [4.69, 9.17) is 34.0 Å². The van der Waals surface area contributed by atoms with E-state index in [0.29, 0.717) is 19.8 Å². The molecule has 1 aromatic rings. The van der Waals surface area contributed by atoms with Crippen LogP contribution < -0.4 is 10.1 Å². The van der Waals surface area contributed by atoms with Crippen LogP contribution in [0, 0.1) is 6.92 Å². The van der Waals surface area contributed by atoms with Gasteiger partial charge < -0.3 is 29.7 Å². The average molecular weight is 414 g/mol. The molecule has 166 valence electrons. The molecular formula is C21H35NO7. The number of carboxylic acid groups (broad SMARTS) is 2. The number of aliphatic carboxylic acids is 2. The van der Waals surface area contributed by atoms with Gasteiger partial charge in [0.05, 0.1) is 13.2 Å². The van der Waals surface area contributed by atoms with Crippen molar-refractivity contribution in [3.05, 3.63) is 29.3 Å². The molecule has 3 N–H and O–H groups in total. The van der Waals surface area contributed by atoms with Crippen LogP contribution in [-0.2, 0) is 24.5 Å². The monoisotopic (exact) mass is 413 g/mol. The first kappa shape index (κ1) is 26.8. The van der Waals surface area contributed by atoms with Gasteiger partial charge >= 0.3 is 11.9 Å². The number of benzene rings is 1. The number of carboxylic acids is 2. The summed E-state index contributed by atoms with van der Waals surface area (Å²) in [6.07, 6.45) is 1.03. The predicted molar refractivity (Wildman–Crippen MR) is 111 cm³/mol. The van der Waals surface area contributed by atoms with E-state index in [1.165, 1.54) is 11.1 Å². The number of rotatable bonds is 11. The van der Waals surface area contributed by atoms with Gasteiger partial charge in [0.1, 0.15) is 12.4 Å². The van der Waals surface area contributed by atoms with Gasteiger partial charge in [-0.1, -0.05) is 39.0 Å². The van der Waals surface area contributed by atoms with Crippen molar-refractivity contribution >= 4 is 11.9 Å². The minimum absolute atomic E-state index is 0.0777. The van der Waals surface area contributed by atoms with Gasteiger partial charge in [-0.25, -0.2) is 9.59 Å². The molecule has 0 aliphatic rings. The van der Waals surface area contributed by atoms with Crippen LogP contribution in [-0.4, -0.2) is 68.8 Å². The molecule has 8 nitrogen and oxygen atoms in total. The summed E-state index contributed by atoms with van der Waals surface area (Å²) in [4.78, 5) is 18.2. The molecule has 0 aromatic heterocycles. The summed E-state index contributed by atoms with van der Waals surface area (Å²) in [6.45, 7) is 13.2. The van der Waals surface area contributed by atoms with Crippen molar-refractivity contribution in [2.24, 2.45) is 0 Å². The fourth-order valence-corrected chi connectivity index (χ4v) is 2.35. The minimum atomic E-state index is -1.82. The molecule has 0 amide bonds. The van der Waals surface area contributed by atoms with E-state index in [9.17, 15) is 0 Å². The fraction of sp³-hybridized carbons (Fsp3) is 0.619. The van der Waals surface area contributed by atoms with Crippen molar-refractivity contribution in [1.82, 2.24) is 5.32 Å². The lowest BCUT2D eigenvalue weighted by Crippen LogP contribution is -2.23. The van der Waals surface area contributed by atoms with Crippen LogP contribution in [0.5, 0.6) is 5.75 Å². The highest BCUT2D eigenvalue weighted by Crippen LogP contribution is 2.33. The van der Waals surface area contributed by atoms with Crippen LogP contribution in [0.25, 0.3) is 0 Å². The number of hydrogen-bond acceptors (Lipinski definition) is 6. The zero-order valence-corrected chi connectivity index (χ0v) is 18.1. The summed E-state index contributed by atoms with van der Waals surface area (Å²) >= 11 is 0. The first-order chi connectivity index (χ1) is 13.6. The lowest BCUT2D eigenvalue weighted by atomic mass is 9.85. The molecule has 1 aromatic carbocycles. The normalized spacial score (nSPS) is 10.8. The predicted octanol–water partition coefficient (Wildman–Crippen LogP) is 2.47. The number of methoxy groups -OCH3 is 1. The van der Waals surface area contributed by atoms with E-state index in [-0.39, 0.29) is 5.41 Å². The molecule has 0 fully saturated rings. The number of hydrogen-bond donors (Lipinski definition) is 3. The number of nitrogens with one attached hydrogen (secondary N) is 1. The van der Waals surface area contributed by atoms with Crippen molar-refractivity contribution in [3.8, 4) is 5.75 Å². The number of para-hydroxylation sites is 1. The molecule has 0 aliphatic carbocycles. The Bertz CT molecular complexity index is 600. The maximum atomic E-state index is 9.10. The Morgan fingerprint density at radius 2 is 1.66 bits per heavy atom. The summed E-state index contributed by atoms with van der Waals surface area (Å²) in [7, 11) is 1.72. The summed E-state index contributed by atoms with van der Waals surface area (Å²) < 4.78 is 16.6. The van der Waals surface area contributed by atoms with Gasteiger partial charge in [-0.3, -0.25) is 0 Å². The SMILES string of the molecule is COCCCNCCOCCOc1c(C)cccc1C(C)(C)C.O=C(O)C(=O)O. The molecule has 0 aliphatic heterocycles. The summed E-state index contributed by atoms with van der Waals surface area (Å²) in [5.74, 6) is -2.65. The van der Waals surface area contributed by atoms with E-state index in [2.05, 4.69) is 51.2 Å². The molecule has 0 saturated carbocycles. The second-order valence-electron chi connectivity index (χ2n) is 7.37. The first-order valence-electron chi connectivity index (χ1n) is 9.57. The molecule has 0 bridgehead atoms. The van der Waals surface area contributed by atoms with E-state index in [0.717, 1.165) is 31.9 Å². The third kappa shape index (κ3) is 12.8. The lowest BCUT2D eigenvalue weighted by molar-refractivity contribution is -0.159. The van der Waals surface area contributed by atoms with Crippen molar-refractivity contribution in [3.63, 3.8) is 0 Å². The Balaban J connectivity index is 0.00000113. The molecule has 0 unspecified atom stereocenters. The summed E-state index contributed by atoms with van der Waals surface area (Å²) in [6, 6.07) is 6.33. The zero-order chi connectivity index (χ0) is 22.3. The zero-order valence-electron chi connectivity index (χ0n) is 18.1. The Morgan fingerprint density at radius 1 is 1.00 bits per heavy atom. The molecule has 0 spiro atoms. The van der Waals surface area contributed by atoms with E-state index in [1.807, 2.05) is 0 Å². The van der Waals surface area contributed by atoms with Crippen LogP contribution in [0.15, 0.2) is 18.2 Å². The maximum Gasteiger partial charge on any atom is 0.414 e. The third-order valence-corrected chi connectivity index (χ3v) is 3.80. The van der Waals surface area contributed by atoms with Gasteiger partial charge in [0.25, 0.3) is 0 Å². The van der Waals surface area contributed by atoms with Crippen molar-refractivity contribution in [2.75, 3.05) is 46.6 Å². The van der Waals surface area contributed by atoms with Crippen LogP contribution in [0.4, 0.5) is 0 Å². The lowest BCUT2D eigenvalue weighted by Gasteiger charge is -2.24. The van der Waals surface area contributed by atoms with Gasteiger partial charge in [0.15, 0.2) is 0 Å². The molecular weight excluding hydrogens is 378 g/mol. The average Bonchev–Trinajstić information content (AvgIpc) is 2.63. The number of carbonyl (C=O) groups is 2. The van der Waals surface area contributed by atoms with Gasteiger partial charge in [-0.05, 0) is 36.4 Å². The third-order valence-electron chi connectivity index (χ3n) is 3.80. The smallest absolute Gasteiger partial charge is 0.414 e. The molecule has 29 heavy (non-hydrogen) atoms. The second-order valence-corrected chi connectivity index (χ2v) is 7.37. The largest absolute Gasteiger partial charge is 0.491 e. The first-order valence-corrected chi connectivity index (χ1v) is 9.57. The highest BCUT2D eigenvalue weighted by molar-refractivity contribution is 6.27. The maximum absolute atomic E-state index is 9.10. The highest BCUT2D eigenvalue weighted by atomic mass is 16.5. The minimum Gasteiger partial charge on any atom is -0.491 e. The summed E-state index contributed by atoms with van der Waals surface area (Å²) in [5, 5.41) is 18.1. The van der Waals surface area contributed by atoms with Crippen LogP contribution in [0.2, 0.25) is 0 Å². The fourth-order valence-electron chi connectivity index (χ4n) is 2.35. The van der Waals surface area contributed by atoms with Crippen molar-refractivity contribution in [1.29, 1.82) is 0 Å². The van der Waals surface area contributed by atoms with Gasteiger partial charge in [-0.2, -0.15) is 0 Å². The van der Waals surface area contributed by atoms with Crippen molar-refractivity contribution in [2.45, 2.75) is 39.5 Å². The van der Waals surface area contributed by atoms with Crippen LogP contribution in [0.1, 0.15) is 38.3 Å². The van der Waals surface area contributed by atoms with E-state index in [1.54, 1.807) is 7.11 Å².